The maximum atomic E-state index is 13.9. The molecule has 0 aliphatic rings. The minimum Gasteiger partial charge on any atom is -0.495 e. The van der Waals surface area contributed by atoms with E-state index in [4.69, 9.17) is 27.9 Å². The zero-order chi connectivity index (χ0) is 26.6. The van der Waals surface area contributed by atoms with Crippen molar-refractivity contribution < 1.29 is 17.9 Å². The van der Waals surface area contributed by atoms with Crippen molar-refractivity contribution in [2.75, 3.05) is 16.7 Å². The number of amides is 1. The van der Waals surface area contributed by atoms with Gasteiger partial charge in [0.25, 0.3) is 15.9 Å². The average Bonchev–Trinajstić information content (AvgIpc) is 2.88. The van der Waals surface area contributed by atoms with Crippen LogP contribution in [-0.2, 0) is 16.6 Å². The molecule has 1 amide bonds. The van der Waals surface area contributed by atoms with Crippen LogP contribution in [0.1, 0.15) is 21.5 Å². The van der Waals surface area contributed by atoms with E-state index in [1.54, 1.807) is 91.0 Å². The van der Waals surface area contributed by atoms with Gasteiger partial charge >= 0.3 is 0 Å². The zero-order valence-electron chi connectivity index (χ0n) is 20.1. The molecule has 0 aliphatic carbocycles. The van der Waals surface area contributed by atoms with E-state index in [-0.39, 0.29) is 22.7 Å². The minimum absolute atomic E-state index is 0.00790. The molecule has 0 heterocycles. The maximum Gasteiger partial charge on any atom is 0.264 e. The summed E-state index contributed by atoms with van der Waals surface area (Å²) in [6.07, 6.45) is 0. The van der Waals surface area contributed by atoms with Gasteiger partial charge < -0.3 is 10.1 Å². The molecule has 0 unspecified atom stereocenters. The predicted molar refractivity (Wildman–Crippen MR) is 148 cm³/mol. The van der Waals surface area contributed by atoms with E-state index in [1.807, 2.05) is 6.92 Å². The van der Waals surface area contributed by atoms with Gasteiger partial charge in [-0.2, -0.15) is 0 Å². The van der Waals surface area contributed by atoms with Crippen LogP contribution in [-0.4, -0.2) is 21.4 Å². The Bertz CT molecular complexity index is 1520. The van der Waals surface area contributed by atoms with Crippen molar-refractivity contribution in [2.45, 2.75) is 18.4 Å². The van der Waals surface area contributed by atoms with Gasteiger partial charge in [0.05, 0.1) is 34.8 Å². The van der Waals surface area contributed by atoms with Crippen molar-refractivity contribution >= 4 is 50.5 Å². The Balaban J connectivity index is 1.77. The van der Waals surface area contributed by atoms with E-state index in [0.29, 0.717) is 27.0 Å². The normalized spacial score (nSPS) is 11.1. The number of methoxy groups -OCH3 is 1. The molecule has 0 aliphatic heterocycles. The Hall–Kier alpha value is -3.52. The van der Waals surface area contributed by atoms with E-state index in [1.165, 1.54) is 11.4 Å². The van der Waals surface area contributed by atoms with Crippen LogP contribution in [0.25, 0.3) is 0 Å². The number of para-hydroxylation sites is 1. The molecule has 0 atom stereocenters. The molecule has 0 saturated heterocycles. The standard InChI is InChI=1S/C28H24Cl2N2O4S/c1-19-7-14-23(15-8-19)37(34,35)32(18-20-9-11-21(29)12-10-20)26-6-4-3-5-24(26)28(33)31-22-13-16-27(36-2)25(30)17-22/h3-17H,18H2,1-2H3,(H,31,33). The number of anilines is 2. The van der Waals surface area contributed by atoms with Crippen LogP contribution in [0.5, 0.6) is 5.75 Å². The molecule has 0 spiro atoms. The summed E-state index contributed by atoms with van der Waals surface area (Å²) in [6, 6.07) is 24.9. The highest BCUT2D eigenvalue weighted by atomic mass is 35.5. The van der Waals surface area contributed by atoms with Gasteiger partial charge in [-0.3, -0.25) is 9.10 Å². The molecule has 0 radical (unpaired) electrons. The van der Waals surface area contributed by atoms with Crippen LogP contribution in [0.15, 0.2) is 95.9 Å². The quantitative estimate of drug-likeness (QED) is 0.255. The Morgan fingerprint density at radius 2 is 1.59 bits per heavy atom. The average molecular weight is 555 g/mol. The van der Waals surface area contributed by atoms with Crippen LogP contribution in [0.3, 0.4) is 0 Å². The summed E-state index contributed by atoms with van der Waals surface area (Å²) in [5, 5.41) is 3.67. The molecule has 0 saturated carbocycles. The number of benzene rings is 4. The zero-order valence-corrected chi connectivity index (χ0v) is 22.4. The number of nitrogens with one attached hydrogen (secondary N) is 1. The third-order valence-corrected chi connectivity index (χ3v) is 8.00. The third-order valence-electron chi connectivity index (χ3n) is 5.68. The molecule has 190 valence electrons. The van der Waals surface area contributed by atoms with Gasteiger partial charge in [-0.15, -0.1) is 0 Å². The van der Waals surface area contributed by atoms with E-state index in [0.717, 1.165) is 5.56 Å². The van der Waals surface area contributed by atoms with Crippen molar-refractivity contribution in [3.8, 4) is 5.75 Å². The van der Waals surface area contributed by atoms with Crippen molar-refractivity contribution in [3.63, 3.8) is 0 Å². The number of halogens is 2. The first-order valence-corrected chi connectivity index (χ1v) is 13.5. The highest BCUT2D eigenvalue weighted by Gasteiger charge is 2.28. The van der Waals surface area contributed by atoms with Crippen LogP contribution in [0.4, 0.5) is 11.4 Å². The SMILES string of the molecule is COc1ccc(NC(=O)c2ccccc2N(Cc2ccc(Cl)cc2)S(=O)(=O)c2ccc(C)cc2)cc1Cl. The summed E-state index contributed by atoms with van der Waals surface area (Å²) in [4.78, 5) is 13.5. The predicted octanol–water partition coefficient (Wildman–Crippen LogP) is 6.96. The first kappa shape index (κ1) is 26.5. The molecule has 0 fully saturated rings. The molecule has 0 aromatic heterocycles. The Morgan fingerprint density at radius 1 is 0.919 bits per heavy atom. The Morgan fingerprint density at radius 3 is 2.24 bits per heavy atom. The highest BCUT2D eigenvalue weighted by Crippen LogP contribution is 2.31. The lowest BCUT2D eigenvalue weighted by atomic mass is 10.1. The number of carbonyl (C=O) groups is 1. The maximum absolute atomic E-state index is 13.9. The van der Waals surface area contributed by atoms with Crippen LogP contribution >= 0.6 is 23.2 Å². The first-order chi connectivity index (χ1) is 17.7. The highest BCUT2D eigenvalue weighted by molar-refractivity contribution is 7.92. The lowest BCUT2D eigenvalue weighted by molar-refractivity contribution is 0.102. The fraction of sp³-hybridized carbons (Fsp3) is 0.107. The Kier molecular flexibility index (Phi) is 8.07. The third kappa shape index (κ3) is 6.07. The number of aryl methyl sites for hydroxylation is 1. The summed E-state index contributed by atoms with van der Waals surface area (Å²) in [5.74, 6) is -0.0181. The van der Waals surface area contributed by atoms with E-state index in [9.17, 15) is 13.2 Å². The van der Waals surface area contributed by atoms with Gasteiger partial charge in [-0.05, 0) is 67.1 Å². The lowest BCUT2D eigenvalue weighted by Gasteiger charge is -2.27. The van der Waals surface area contributed by atoms with E-state index >= 15 is 0 Å². The molecule has 1 N–H and O–H groups in total. The van der Waals surface area contributed by atoms with Gasteiger partial charge in [-0.25, -0.2) is 8.42 Å². The second-order valence-corrected chi connectivity index (χ2v) is 11.0. The van der Waals surface area contributed by atoms with Gasteiger partial charge in [0, 0.05) is 10.7 Å². The van der Waals surface area contributed by atoms with Crippen molar-refractivity contribution in [1.82, 2.24) is 0 Å². The van der Waals surface area contributed by atoms with Gasteiger partial charge in [0.2, 0.25) is 0 Å². The topological polar surface area (TPSA) is 75.7 Å². The summed E-state index contributed by atoms with van der Waals surface area (Å²) >= 11 is 12.2. The van der Waals surface area contributed by atoms with Crippen LogP contribution in [0.2, 0.25) is 10.0 Å². The molecule has 4 rings (SSSR count). The lowest BCUT2D eigenvalue weighted by Crippen LogP contribution is -2.32. The van der Waals surface area contributed by atoms with Crippen molar-refractivity contribution in [3.05, 3.63) is 118 Å². The smallest absolute Gasteiger partial charge is 0.264 e. The molecule has 4 aromatic rings. The second kappa shape index (κ2) is 11.3. The largest absolute Gasteiger partial charge is 0.495 e. The summed E-state index contributed by atoms with van der Waals surface area (Å²) < 4.78 is 34.2. The number of hydrogen-bond donors (Lipinski definition) is 1. The summed E-state index contributed by atoms with van der Waals surface area (Å²) in [5.41, 5.74) is 2.49. The number of nitrogens with zero attached hydrogens (tertiary/aromatic N) is 1. The molecule has 0 bridgehead atoms. The summed E-state index contributed by atoms with van der Waals surface area (Å²) in [6.45, 7) is 1.87. The molecular weight excluding hydrogens is 531 g/mol. The van der Waals surface area contributed by atoms with Gasteiger partial charge in [0.1, 0.15) is 5.75 Å². The number of hydrogen-bond acceptors (Lipinski definition) is 4. The Labute approximate surface area is 226 Å². The number of carbonyl (C=O) groups excluding carboxylic acids is 1. The van der Waals surface area contributed by atoms with Crippen LogP contribution in [0, 0.1) is 6.92 Å². The molecule has 6 nitrogen and oxygen atoms in total. The fourth-order valence-corrected chi connectivity index (χ4v) is 5.57. The molecular formula is C28H24Cl2N2O4S. The van der Waals surface area contributed by atoms with E-state index in [2.05, 4.69) is 5.32 Å². The molecule has 9 heteroatoms. The minimum atomic E-state index is -4.04. The number of ether oxygens (including phenoxy) is 1. The van der Waals surface area contributed by atoms with Crippen molar-refractivity contribution in [1.29, 1.82) is 0 Å². The van der Waals surface area contributed by atoms with Crippen molar-refractivity contribution in [2.24, 2.45) is 0 Å². The van der Waals surface area contributed by atoms with E-state index < -0.39 is 15.9 Å². The number of sulfonamides is 1. The van der Waals surface area contributed by atoms with Gasteiger partial charge in [-0.1, -0.05) is 65.2 Å². The second-order valence-electron chi connectivity index (χ2n) is 8.27. The van der Waals surface area contributed by atoms with Gasteiger partial charge in [0.15, 0.2) is 0 Å². The monoisotopic (exact) mass is 554 g/mol. The fourth-order valence-electron chi connectivity index (χ4n) is 3.72. The van der Waals surface area contributed by atoms with Crippen LogP contribution < -0.4 is 14.4 Å². The summed E-state index contributed by atoms with van der Waals surface area (Å²) in [7, 11) is -2.54. The first-order valence-electron chi connectivity index (χ1n) is 11.3. The number of rotatable bonds is 8. The molecule has 4 aromatic carbocycles. The molecule has 37 heavy (non-hydrogen) atoms.